The first-order valence-electron chi connectivity index (χ1n) is 7.04. The van der Waals surface area contributed by atoms with Gasteiger partial charge in [0.05, 0.1) is 0 Å². The molecule has 0 fully saturated rings. The highest BCUT2D eigenvalue weighted by molar-refractivity contribution is 5.88. The lowest BCUT2D eigenvalue weighted by Gasteiger charge is -2.27. The number of ether oxygens (including phenoxy) is 2. The van der Waals surface area contributed by atoms with E-state index in [1.54, 1.807) is 0 Å². The molecule has 9 nitrogen and oxygen atoms in total. The van der Waals surface area contributed by atoms with Crippen LogP contribution in [0.25, 0.3) is 6.08 Å². The van der Waals surface area contributed by atoms with Crippen molar-refractivity contribution >= 4 is 24.0 Å². The van der Waals surface area contributed by atoms with Gasteiger partial charge in [-0.25, -0.2) is 9.59 Å². The van der Waals surface area contributed by atoms with Gasteiger partial charge >= 0.3 is 17.9 Å². The molecule has 0 radical (unpaired) electrons. The van der Waals surface area contributed by atoms with Crippen LogP contribution < -0.4 is 0 Å². The monoisotopic (exact) mass is 354 g/mol. The number of carboxylic acids is 1. The predicted octanol–water partition coefficient (Wildman–Crippen LogP) is 0.421. The van der Waals surface area contributed by atoms with Crippen molar-refractivity contribution in [3.05, 3.63) is 29.8 Å². The predicted molar refractivity (Wildman–Crippen MR) is 83.6 cm³/mol. The first-order chi connectivity index (χ1) is 11.5. The van der Waals surface area contributed by atoms with Crippen LogP contribution >= 0.6 is 0 Å². The van der Waals surface area contributed by atoms with Gasteiger partial charge in [0.25, 0.3) is 0 Å². The van der Waals surface area contributed by atoms with Crippen LogP contribution in [0, 0.1) is 0 Å². The number of hydrogen-bond donors (Lipinski definition) is 4. The summed E-state index contributed by atoms with van der Waals surface area (Å²) < 4.78 is 9.47. The van der Waals surface area contributed by atoms with E-state index in [0.29, 0.717) is 5.56 Å². The lowest BCUT2D eigenvalue weighted by atomic mass is 10.00. The zero-order valence-corrected chi connectivity index (χ0v) is 13.5. The van der Waals surface area contributed by atoms with Gasteiger partial charge in [-0.15, -0.1) is 0 Å². The molecule has 0 aliphatic carbocycles. The van der Waals surface area contributed by atoms with Crippen molar-refractivity contribution in [1.29, 1.82) is 0 Å². The molecule has 25 heavy (non-hydrogen) atoms. The third-order valence-corrected chi connectivity index (χ3v) is 3.17. The zero-order chi connectivity index (χ0) is 19.2. The molecule has 0 spiro atoms. The van der Waals surface area contributed by atoms with Gasteiger partial charge in [0.15, 0.2) is 23.2 Å². The lowest BCUT2D eigenvalue weighted by Crippen LogP contribution is -2.51. The third-order valence-electron chi connectivity index (χ3n) is 3.17. The molecule has 1 aromatic rings. The minimum absolute atomic E-state index is 0.335. The molecule has 1 rings (SSSR count). The highest BCUT2D eigenvalue weighted by Gasteiger charge is 2.43. The van der Waals surface area contributed by atoms with E-state index in [1.807, 2.05) is 0 Å². The Kier molecular flexibility index (Phi) is 6.52. The molecule has 0 amide bonds. The fraction of sp³-hybridized carbons (Fsp3) is 0.312. The average Bonchev–Trinajstić information content (AvgIpc) is 2.52. The second kappa shape index (κ2) is 8.15. The molecular formula is C16H18O9. The fourth-order valence-corrected chi connectivity index (χ4v) is 1.63. The Hall–Kier alpha value is -3.07. The van der Waals surface area contributed by atoms with E-state index >= 15 is 0 Å². The van der Waals surface area contributed by atoms with Crippen LogP contribution in [0.2, 0.25) is 0 Å². The van der Waals surface area contributed by atoms with Gasteiger partial charge in [0.1, 0.15) is 6.61 Å². The van der Waals surface area contributed by atoms with Crippen LogP contribution in [0.5, 0.6) is 11.5 Å². The number of hydrogen-bond acceptors (Lipinski definition) is 8. The quantitative estimate of drug-likeness (QED) is 0.310. The molecule has 0 heterocycles. The number of carboxylic acid groups (broad SMARTS) is 1. The van der Waals surface area contributed by atoms with Crippen molar-refractivity contribution in [2.24, 2.45) is 0 Å². The minimum atomic E-state index is -2.48. The van der Waals surface area contributed by atoms with Crippen molar-refractivity contribution in [1.82, 2.24) is 0 Å². The molecule has 1 aromatic carbocycles. The maximum absolute atomic E-state index is 11.8. The number of phenols is 2. The van der Waals surface area contributed by atoms with Gasteiger partial charge < -0.3 is 29.9 Å². The molecule has 0 bridgehead atoms. The minimum Gasteiger partial charge on any atom is -0.504 e. The van der Waals surface area contributed by atoms with Crippen molar-refractivity contribution < 1.29 is 44.3 Å². The Bertz CT molecular complexity index is 691. The smallest absolute Gasteiger partial charge is 0.339 e. The summed E-state index contributed by atoms with van der Waals surface area (Å²) >= 11 is 0. The third kappa shape index (κ3) is 5.81. The molecule has 0 saturated carbocycles. The van der Waals surface area contributed by atoms with Crippen LogP contribution in [0.15, 0.2) is 24.3 Å². The highest BCUT2D eigenvalue weighted by Crippen LogP contribution is 2.25. The van der Waals surface area contributed by atoms with E-state index in [1.165, 1.54) is 24.3 Å². The summed E-state index contributed by atoms with van der Waals surface area (Å²) in [6.07, 6.45) is 0.518. The van der Waals surface area contributed by atoms with Crippen LogP contribution in [0.3, 0.4) is 0 Å². The first kappa shape index (κ1) is 20.0. The van der Waals surface area contributed by atoms with E-state index in [2.05, 4.69) is 4.74 Å². The molecule has 4 N–H and O–H groups in total. The molecule has 9 heteroatoms. The van der Waals surface area contributed by atoms with Crippen molar-refractivity contribution in [3.8, 4) is 11.5 Å². The molecule has 0 aliphatic rings. The van der Waals surface area contributed by atoms with E-state index < -0.39 is 42.0 Å². The summed E-state index contributed by atoms with van der Waals surface area (Å²) in [7, 11) is 0. The Balaban J connectivity index is 2.86. The standard InChI is InChI=1S/C16H18O9/c1-9(17)24-8-13(16(2,23)15(21)22)25-14(20)6-4-10-3-5-11(18)12(19)7-10/h3-7,13,18-19,23H,8H2,1-2H3,(H,21,22)/b6-4+. The maximum atomic E-state index is 11.8. The van der Waals surface area contributed by atoms with Gasteiger partial charge in [-0.05, 0) is 30.7 Å². The van der Waals surface area contributed by atoms with E-state index in [0.717, 1.165) is 19.9 Å². The van der Waals surface area contributed by atoms with E-state index in [4.69, 9.17) is 9.84 Å². The van der Waals surface area contributed by atoms with Crippen molar-refractivity contribution in [2.45, 2.75) is 25.6 Å². The normalized spacial score (nSPS) is 14.5. The van der Waals surface area contributed by atoms with E-state index in [9.17, 15) is 29.7 Å². The Morgan fingerprint density at radius 1 is 1.24 bits per heavy atom. The number of phenolic OH excluding ortho intramolecular Hbond substituents is 2. The molecule has 2 unspecified atom stereocenters. The van der Waals surface area contributed by atoms with Crippen LogP contribution in [0.4, 0.5) is 0 Å². The zero-order valence-electron chi connectivity index (χ0n) is 13.5. The Morgan fingerprint density at radius 3 is 2.40 bits per heavy atom. The number of carbonyl (C=O) groups excluding carboxylic acids is 2. The number of aromatic hydroxyl groups is 2. The number of aliphatic carboxylic acids is 1. The number of esters is 2. The number of carbonyl (C=O) groups is 3. The van der Waals surface area contributed by atoms with Crippen molar-refractivity contribution in [2.75, 3.05) is 6.61 Å². The molecule has 0 aromatic heterocycles. The largest absolute Gasteiger partial charge is 0.504 e. The molecular weight excluding hydrogens is 336 g/mol. The van der Waals surface area contributed by atoms with Gasteiger partial charge in [0, 0.05) is 13.0 Å². The van der Waals surface area contributed by atoms with E-state index in [-0.39, 0.29) is 5.75 Å². The second-order valence-electron chi connectivity index (χ2n) is 5.26. The highest BCUT2D eigenvalue weighted by atomic mass is 16.6. The number of aliphatic hydroxyl groups is 1. The topological polar surface area (TPSA) is 151 Å². The summed E-state index contributed by atoms with van der Waals surface area (Å²) in [5.41, 5.74) is -2.12. The summed E-state index contributed by atoms with van der Waals surface area (Å²) in [6, 6.07) is 3.80. The Morgan fingerprint density at radius 2 is 1.88 bits per heavy atom. The second-order valence-corrected chi connectivity index (χ2v) is 5.26. The van der Waals surface area contributed by atoms with Crippen molar-refractivity contribution in [3.63, 3.8) is 0 Å². The number of rotatable bonds is 7. The molecule has 0 aliphatic heterocycles. The lowest BCUT2D eigenvalue weighted by molar-refractivity contribution is -0.186. The molecule has 0 saturated heterocycles. The molecule has 2 atom stereocenters. The Labute approximate surface area is 142 Å². The average molecular weight is 354 g/mol. The first-order valence-corrected chi connectivity index (χ1v) is 7.04. The fourth-order valence-electron chi connectivity index (χ4n) is 1.63. The van der Waals surface area contributed by atoms with Gasteiger partial charge in [-0.3, -0.25) is 4.79 Å². The van der Waals surface area contributed by atoms with Gasteiger partial charge in [-0.2, -0.15) is 0 Å². The van der Waals surface area contributed by atoms with Gasteiger partial charge in [-0.1, -0.05) is 6.07 Å². The molecule has 136 valence electrons. The SMILES string of the molecule is CC(=O)OCC(OC(=O)/C=C/c1ccc(O)c(O)c1)C(C)(O)C(=O)O. The summed E-state index contributed by atoms with van der Waals surface area (Å²) in [5.74, 6) is -4.13. The van der Waals surface area contributed by atoms with Crippen LogP contribution in [0.1, 0.15) is 19.4 Å². The summed E-state index contributed by atoms with van der Waals surface area (Å²) in [5, 5.41) is 37.5. The van der Waals surface area contributed by atoms with Crippen LogP contribution in [-0.4, -0.2) is 56.6 Å². The van der Waals surface area contributed by atoms with Gasteiger partial charge in [0.2, 0.25) is 0 Å². The van der Waals surface area contributed by atoms with Crippen LogP contribution in [-0.2, 0) is 23.9 Å². The maximum Gasteiger partial charge on any atom is 0.339 e. The summed E-state index contributed by atoms with van der Waals surface area (Å²) in [6.45, 7) is 1.33. The number of benzene rings is 1. The summed E-state index contributed by atoms with van der Waals surface area (Å²) in [4.78, 5) is 33.8.